The topological polar surface area (TPSA) is 49.9 Å². The SMILES string of the molecule is COC1CCN(C(=O)C2CCN(C(=O)C3CCC3)CC2)C1. The van der Waals surface area contributed by atoms with Crippen molar-refractivity contribution < 1.29 is 14.3 Å². The Labute approximate surface area is 126 Å². The third-order valence-corrected chi connectivity index (χ3v) is 5.40. The van der Waals surface area contributed by atoms with Gasteiger partial charge < -0.3 is 14.5 Å². The van der Waals surface area contributed by atoms with Gasteiger partial charge in [-0.15, -0.1) is 0 Å². The smallest absolute Gasteiger partial charge is 0.225 e. The van der Waals surface area contributed by atoms with Gasteiger partial charge in [0.15, 0.2) is 0 Å². The van der Waals surface area contributed by atoms with Gasteiger partial charge in [-0.2, -0.15) is 0 Å². The van der Waals surface area contributed by atoms with Crippen molar-refractivity contribution in [2.75, 3.05) is 33.3 Å². The lowest BCUT2D eigenvalue weighted by Crippen LogP contribution is -2.46. The molecule has 0 spiro atoms. The fourth-order valence-corrected chi connectivity index (χ4v) is 3.64. The van der Waals surface area contributed by atoms with Crippen LogP contribution in [0.3, 0.4) is 0 Å². The van der Waals surface area contributed by atoms with Crippen molar-refractivity contribution in [2.45, 2.75) is 44.6 Å². The average molecular weight is 294 g/mol. The van der Waals surface area contributed by atoms with Crippen LogP contribution in [0.25, 0.3) is 0 Å². The molecule has 1 saturated carbocycles. The molecular formula is C16H26N2O3. The Balaban J connectivity index is 1.46. The molecule has 0 aromatic heterocycles. The van der Waals surface area contributed by atoms with Gasteiger partial charge in [-0.3, -0.25) is 9.59 Å². The molecule has 2 aliphatic heterocycles. The lowest BCUT2D eigenvalue weighted by atomic mass is 9.83. The summed E-state index contributed by atoms with van der Waals surface area (Å²) in [6.07, 6.45) is 6.11. The van der Waals surface area contributed by atoms with Crippen LogP contribution >= 0.6 is 0 Å². The van der Waals surface area contributed by atoms with Crippen molar-refractivity contribution >= 4 is 11.8 Å². The van der Waals surface area contributed by atoms with E-state index in [1.165, 1.54) is 6.42 Å². The number of amides is 2. The van der Waals surface area contributed by atoms with Gasteiger partial charge in [-0.05, 0) is 32.1 Å². The van der Waals surface area contributed by atoms with Crippen molar-refractivity contribution in [3.63, 3.8) is 0 Å². The number of carbonyl (C=O) groups is 2. The summed E-state index contributed by atoms with van der Waals surface area (Å²) < 4.78 is 5.33. The van der Waals surface area contributed by atoms with Crippen molar-refractivity contribution in [1.29, 1.82) is 0 Å². The van der Waals surface area contributed by atoms with Crippen molar-refractivity contribution in [3.8, 4) is 0 Å². The third-order valence-electron chi connectivity index (χ3n) is 5.40. The van der Waals surface area contributed by atoms with Crippen LogP contribution < -0.4 is 0 Å². The first-order valence-electron chi connectivity index (χ1n) is 8.29. The van der Waals surface area contributed by atoms with Crippen molar-refractivity contribution in [3.05, 3.63) is 0 Å². The van der Waals surface area contributed by atoms with Gasteiger partial charge in [0.2, 0.25) is 11.8 Å². The molecule has 0 radical (unpaired) electrons. The summed E-state index contributed by atoms with van der Waals surface area (Å²) in [6.45, 7) is 3.07. The summed E-state index contributed by atoms with van der Waals surface area (Å²) in [4.78, 5) is 28.6. The Bertz CT molecular complexity index is 400. The summed E-state index contributed by atoms with van der Waals surface area (Å²) in [5, 5.41) is 0. The predicted molar refractivity (Wildman–Crippen MR) is 78.6 cm³/mol. The van der Waals surface area contributed by atoms with Gasteiger partial charge in [0.25, 0.3) is 0 Å². The normalized spacial score (nSPS) is 27.8. The van der Waals surface area contributed by atoms with E-state index in [1.54, 1.807) is 7.11 Å². The molecule has 3 aliphatic rings. The number of ether oxygens (including phenoxy) is 1. The number of carbonyl (C=O) groups excluding carboxylic acids is 2. The molecular weight excluding hydrogens is 268 g/mol. The molecule has 5 nitrogen and oxygen atoms in total. The molecule has 1 atom stereocenters. The Morgan fingerprint density at radius 2 is 1.43 bits per heavy atom. The molecule has 0 aromatic carbocycles. The molecule has 0 bridgehead atoms. The number of rotatable bonds is 3. The molecule has 118 valence electrons. The van der Waals surface area contributed by atoms with E-state index in [0.717, 1.165) is 58.3 Å². The Kier molecular flexibility index (Phi) is 4.48. The summed E-state index contributed by atoms with van der Waals surface area (Å²) in [6, 6.07) is 0. The largest absolute Gasteiger partial charge is 0.380 e. The second kappa shape index (κ2) is 6.34. The van der Waals surface area contributed by atoms with E-state index in [0.29, 0.717) is 5.91 Å². The van der Waals surface area contributed by atoms with Crippen LogP contribution in [0.2, 0.25) is 0 Å². The van der Waals surface area contributed by atoms with E-state index in [2.05, 4.69) is 0 Å². The van der Waals surface area contributed by atoms with Gasteiger partial charge in [-0.1, -0.05) is 6.42 Å². The number of piperidine rings is 1. The zero-order valence-electron chi connectivity index (χ0n) is 12.9. The van der Waals surface area contributed by atoms with Gasteiger partial charge in [-0.25, -0.2) is 0 Å². The van der Waals surface area contributed by atoms with Crippen molar-refractivity contribution in [1.82, 2.24) is 9.80 Å². The summed E-state index contributed by atoms with van der Waals surface area (Å²) in [7, 11) is 1.71. The monoisotopic (exact) mass is 294 g/mol. The van der Waals surface area contributed by atoms with Crippen LogP contribution in [0, 0.1) is 11.8 Å². The highest BCUT2D eigenvalue weighted by Gasteiger charge is 2.36. The maximum Gasteiger partial charge on any atom is 0.225 e. The van der Waals surface area contributed by atoms with Gasteiger partial charge >= 0.3 is 0 Å². The molecule has 1 unspecified atom stereocenters. The Morgan fingerprint density at radius 1 is 0.857 bits per heavy atom. The number of likely N-dealkylation sites (tertiary alicyclic amines) is 2. The van der Waals surface area contributed by atoms with Crippen LogP contribution in [0.15, 0.2) is 0 Å². The maximum absolute atomic E-state index is 12.5. The predicted octanol–water partition coefficient (Wildman–Crippen LogP) is 1.27. The van der Waals surface area contributed by atoms with Crippen LogP contribution in [0.4, 0.5) is 0 Å². The van der Waals surface area contributed by atoms with Gasteiger partial charge in [0.05, 0.1) is 6.10 Å². The second-order valence-corrected chi connectivity index (χ2v) is 6.66. The first-order chi connectivity index (χ1) is 10.2. The molecule has 3 rings (SSSR count). The number of hydrogen-bond acceptors (Lipinski definition) is 3. The lowest BCUT2D eigenvalue weighted by Gasteiger charge is -2.37. The highest BCUT2D eigenvalue weighted by Crippen LogP contribution is 2.30. The van der Waals surface area contributed by atoms with E-state index < -0.39 is 0 Å². The van der Waals surface area contributed by atoms with Gasteiger partial charge in [0, 0.05) is 45.1 Å². The minimum absolute atomic E-state index is 0.103. The van der Waals surface area contributed by atoms with Crippen LogP contribution in [-0.4, -0.2) is 61.0 Å². The maximum atomic E-state index is 12.5. The summed E-state index contributed by atoms with van der Waals surface area (Å²) in [5.74, 6) is 0.974. The fraction of sp³-hybridized carbons (Fsp3) is 0.875. The van der Waals surface area contributed by atoms with Crippen molar-refractivity contribution in [2.24, 2.45) is 11.8 Å². The number of hydrogen-bond donors (Lipinski definition) is 0. The Hall–Kier alpha value is -1.10. The number of methoxy groups -OCH3 is 1. The van der Waals surface area contributed by atoms with Crippen LogP contribution in [0.1, 0.15) is 38.5 Å². The number of nitrogens with zero attached hydrogens (tertiary/aromatic N) is 2. The molecule has 2 saturated heterocycles. The molecule has 5 heteroatoms. The van der Waals surface area contributed by atoms with E-state index in [-0.39, 0.29) is 23.8 Å². The fourth-order valence-electron chi connectivity index (χ4n) is 3.64. The first-order valence-corrected chi connectivity index (χ1v) is 8.29. The van der Waals surface area contributed by atoms with E-state index in [9.17, 15) is 9.59 Å². The lowest BCUT2D eigenvalue weighted by molar-refractivity contribution is -0.143. The summed E-state index contributed by atoms with van der Waals surface area (Å²) >= 11 is 0. The second-order valence-electron chi connectivity index (χ2n) is 6.66. The minimum Gasteiger partial charge on any atom is -0.380 e. The highest BCUT2D eigenvalue weighted by atomic mass is 16.5. The van der Waals surface area contributed by atoms with E-state index >= 15 is 0 Å². The van der Waals surface area contributed by atoms with Crippen LogP contribution in [0.5, 0.6) is 0 Å². The molecule has 21 heavy (non-hydrogen) atoms. The molecule has 0 aromatic rings. The van der Waals surface area contributed by atoms with Gasteiger partial charge in [0.1, 0.15) is 0 Å². The minimum atomic E-state index is 0.103. The Morgan fingerprint density at radius 3 is 1.95 bits per heavy atom. The molecule has 3 fully saturated rings. The molecule has 0 N–H and O–H groups in total. The van der Waals surface area contributed by atoms with E-state index in [4.69, 9.17) is 4.74 Å². The average Bonchev–Trinajstić information content (AvgIpc) is 2.93. The molecule has 1 aliphatic carbocycles. The molecule has 2 amide bonds. The quantitative estimate of drug-likeness (QED) is 0.787. The van der Waals surface area contributed by atoms with Crippen LogP contribution in [-0.2, 0) is 14.3 Å². The first kappa shape index (κ1) is 14.8. The third kappa shape index (κ3) is 3.07. The molecule has 2 heterocycles. The van der Waals surface area contributed by atoms with E-state index in [1.807, 2.05) is 9.80 Å². The summed E-state index contributed by atoms with van der Waals surface area (Å²) in [5.41, 5.74) is 0. The zero-order valence-corrected chi connectivity index (χ0v) is 12.9. The standard InChI is InChI=1S/C16H26N2O3/c1-21-14-7-10-18(11-14)16(20)13-5-8-17(9-6-13)15(19)12-3-2-4-12/h12-14H,2-11H2,1H3. The highest BCUT2D eigenvalue weighted by molar-refractivity contribution is 5.81. The zero-order chi connectivity index (χ0) is 14.8.